The van der Waals surface area contributed by atoms with Gasteiger partial charge in [-0.3, -0.25) is 19.9 Å². The fraction of sp³-hybridized carbons (Fsp3) is 0.885. The molecular weight excluding hydrogens is 414 g/mol. The quantitative estimate of drug-likeness (QED) is 0.376. The van der Waals surface area contributed by atoms with Crippen LogP contribution in [-0.2, 0) is 9.59 Å². The molecule has 0 aromatic rings. The van der Waals surface area contributed by atoms with Crippen LogP contribution >= 0.6 is 0 Å². The molecule has 3 aliphatic carbocycles. The summed E-state index contributed by atoms with van der Waals surface area (Å²) in [5, 5.41) is 14.2. The lowest BCUT2D eigenvalue weighted by Crippen LogP contribution is -2.54. The lowest BCUT2D eigenvalue weighted by molar-refractivity contribution is -0.128. The van der Waals surface area contributed by atoms with Gasteiger partial charge in [-0.05, 0) is 68.6 Å². The van der Waals surface area contributed by atoms with Crippen molar-refractivity contribution in [1.82, 2.24) is 15.5 Å². The number of fused-ring (bicyclic) bond motifs is 2. The summed E-state index contributed by atoms with van der Waals surface area (Å²) in [5.74, 6) is 3.57. The normalized spacial score (nSPS) is 41.5. The molecule has 2 amide bonds. The first-order chi connectivity index (χ1) is 16.0. The number of amides is 2. The summed E-state index contributed by atoms with van der Waals surface area (Å²) in [6.07, 6.45) is 14.6. The van der Waals surface area contributed by atoms with E-state index < -0.39 is 0 Å². The van der Waals surface area contributed by atoms with E-state index in [1.165, 1.54) is 44.9 Å². The molecule has 7 heteroatoms. The fourth-order valence-electron chi connectivity index (χ4n) is 8.12. The topological polar surface area (TPSA) is 111 Å². The Bertz CT molecular complexity index is 755. The van der Waals surface area contributed by atoms with Crippen molar-refractivity contribution < 1.29 is 9.59 Å². The molecule has 0 spiro atoms. The minimum Gasteiger partial charge on any atom is -0.387 e. The van der Waals surface area contributed by atoms with Crippen molar-refractivity contribution in [2.24, 2.45) is 35.3 Å². The molecule has 0 radical (unpaired) electrons. The van der Waals surface area contributed by atoms with Gasteiger partial charge in [-0.25, -0.2) is 0 Å². The van der Waals surface area contributed by atoms with E-state index in [0.717, 1.165) is 50.5 Å². The van der Waals surface area contributed by atoms with Crippen molar-refractivity contribution in [2.45, 2.75) is 102 Å². The zero-order valence-electron chi connectivity index (χ0n) is 20.1. The molecule has 3 saturated carbocycles. The van der Waals surface area contributed by atoms with Gasteiger partial charge in [0.1, 0.15) is 0 Å². The first kappa shape index (κ1) is 23.1. The molecule has 5 aliphatic rings. The van der Waals surface area contributed by atoms with E-state index in [0.29, 0.717) is 36.7 Å². The van der Waals surface area contributed by atoms with Gasteiger partial charge in [-0.1, -0.05) is 32.1 Å². The van der Waals surface area contributed by atoms with Gasteiger partial charge in [-0.15, -0.1) is 0 Å². The maximum atomic E-state index is 13.6. The smallest absolute Gasteiger partial charge is 0.237 e. The van der Waals surface area contributed by atoms with Crippen LogP contribution in [0.5, 0.6) is 0 Å². The van der Waals surface area contributed by atoms with Gasteiger partial charge < -0.3 is 16.4 Å². The summed E-state index contributed by atoms with van der Waals surface area (Å²) in [5.41, 5.74) is 5.95. The van der Waals surface area contributed by atoms with Crippen LogP contribution in [0.3, 0.4) is 0 Å². The molecule has 0 bridgehead atoms. The van der Waals surface area contributed by atoms with E-state index in [-0.39, 0.29) is 29.8 Å². The lowest BCUT2D eigenvalue weighted by atomic mass is 9.65. The predicted molar refractivity (Wildman–Crippen MR) is 129 cm³/mol. The minimum absolute atomic E-state index is 0.0401. The number of carbonyl (C=O) groups excluding carboxylic acids is 2. The minimum atomic E-state index is -0.0975. The van der Waals surface area contributed by atoms with Crippen LogP contribution in [0.25, 0.3) is 0 Å². The van der Waals surface area contributed by atoms with Crippen LogP contribution in [0.4, 0.5) is 0 Å². The number of nitrogens with two attached hydrogens (primary N) is 1. The number of nitrogens with one attached hydrogen (secondary N) is 3. The van der Waals surface area contributed by atoms with Crippen LogP contribution in [0.15, 0.2) is 0 Å². The molecule has 0 aromatic heterocycles. The molecule has 5 fully saturated rings. The Labute approximate surface area is 198 Å². The van der Waals surface area contributed by atoms with E-state index in [2.05, 4.69) is 15.5 Å². The summed E-state index contributed by atoms with van der Waals surface area (Å²) in [7, 11) is 0. The molecule has 7 unspecified atom stereocenters. The van der Waals surface area contributed by atoms with E-state index in [4.69, 9.17) is 11.1 Å². The summed E-state index contributed by atoms with van der Waals surface area (Å²) >= 11 is 0. The second-order valence-electron chi connectivity index (χ2n) is 11.7. The lowest BCUT2D eigenvalue weighted by Gasteiger charge is -2.45. The molecule has 2 heterocycles. The van der Waals surface area contributed by atoms with Crippen LogP contribution in [0.2, 0.25) is 0 Å². The fourth-order valence-corrected chi connectivity index (χ4v) is 8.12. The average molecular weight is 458 g/mol. The van der Waals surface area contributed by atoms with Gasteiger partial charge in [0.15, 0.2) is 0 Å². The average Bonchev–Trinajstić information content (AvgIpc) is 3.17. The molecule has 33 heavy (non-hydrogen) atoms. The van der Waals surface area contributed by atoms with Crippen LogP contribution < -0.4 is 16.4 Å². The molecule has 2 aliphatic heterocycles. The largest absolute Gasteiger partial charge is 0.387 e. The highest BCUT2D eigenvalue weighted by molar-refractivity contribution is 5.84. The van der Waals surface area contributed by atoms with E-state index in [9.17, 15) is 9.59 Å². The number of hydrogen-bond acceptors (Lipinski definition) is 4. The van der Waals surface area contributed by atoms with Crippen molar-refractivity contribution in [3.63, 3.8) is 0 Å². The van der Waals surface area contributed by atoms with Gasteiger partial charge in [0.05, 0.1) is 11.9 Å². The number of hydrogen-bond donors (Lipinski definition) is 4. The third-order valence-corrected chi connectivity index (χ3v) is 9.81. The van der Waals surface area contributed by atoms with Crippen molar-refractivity contribution in [2.75, 3.05) is 13.1 Å². The summed E-state index contributed by atoms with van der Waals surface area (Å²) in [6.45, 7) is 1.67. The molecule has 2 saturated heterocycles. The highest BCUT2D eigenvalue weighted by Gasteiger charge is 2.49. The van der Waals surface area contributed by atoms with Crippen LogP contribution in [0, 0.1) is 35.0 Å². The summed E-state index contributed by atoms with van der Waals surface area (Å²) in [6, 6.07) is 0.222. The molecule has 7 nitrogen and oxygen atoms in total. The third kappa shape index (κ3) is 4.94. The molecule has 5 N–H and O–H groups in total. The van der Waals surface area contributed by atoms with E-state index >= 15 is 0 Å². The number of carbonyl (C=O) groups is 2. The number of nitrogens with zero attached hydrogens (tertiary/aromatic N) is 1. The number of rotatable bonds is 5. The first-order valence-electron chi connectivity index (χ1n) is 13.7. The van der Waals surface area contributed by atoms with Gasteiger partial charge in [0.25, 0.3) is 0 Å². The number of piperidine rings is 1. The highest BCUT2D eigenvalue weighted by atomic mass is 16.2. The Hall–Kier alpha value is -1.63. The third-order valence-electron chi connectivity index (χ3n) is 9.81. The predicted octanol–water partition coefficient (Wildman–Crippen LogP) is 2.78. The number of amidine groups is 1. The van der Waals surface area contributed by atoms with Gasteiger partial charge in [-0.2, -0.15) is 0 Å². The summed E-state index contributed by atoms with van der Waals surface area (Å²) < 4.78 is 0. The Morgan fingerprint density at radius 2 is 1.85 bits per heavy atom. The zero-order valence-corrected chi connectivity index (χ0v) is 20.1. The van der Waals surface area contributed by atoms with Crippen LogP contribution in [0.1, 0.15) is 83.5 Å². The Balaban J connectivity index is 1.33. The maximum Gasteiger partial charge on any atom is 0.237 e. The van der Waals surface area contributed by atoms with Gasteiger partial charge in [0, 0.05) is 37.5 Å². The second kappa shape index (κ2) is 9.93. The van der Waals surface area contributed by atoms with Crippen molar-refractivity contribution in [1.29, 1.82) is 5.41 Å². The molecule has 184 valence electrons. The second-order valence-corrected chi connectivity index (χ2v) is 11.7. The van der Waals surface area contributed by atoms with Crippen molar-refractivity contribution in [3.05, 3.63) is 0 Å². The standard InChI is InChI=1S/C26H43N5O2/c27-25(28)18-9-8-17-12-23(26(33)30-20-10-11-29-24(32)14-20)31(22(17)13-18)15-19-6-3-5-16-4-1-2-7-21(16)19/h16-23H,1-15H2,(H3,27,28)(H,29,32)(H,30,33)/t16?,17?,18?,19?,20-,21?,22?,23?/m0/s1. The summed E-state index contributed by atoms with van der Waals surface area (Å²) in [4.78, 5) is 28.0. The Morgan fingerprint density at radius 3 is 2.67 bits per heavy atom. The van der Waals surface area contributed by atoms with Crippen LogP contribution in [-0.4, -0.2) is 53.8 Å². The van der Waals surface area contributed by atoms with E-state index in [1.54, 1.807) is 0 Å². The molecular formula is C26H43N5O2. The van der Waals surface area contributed by atoms with E-state index in [1.807, 2.05) is 0 Å². The maximum absolute atomic E-state index is 13.6. The Morgan fingerprint density at radius 1 is 1.03 bits per heavy atom. The Kier molecular flexibility index (Phi) is 6.96. The van der Waals surface area contributed by atoms with Gasteiger partial charge in [0.2, 0.25) is 11.8 Å². The highest BCUT2D eigenvalue weighted by Crippen LogP contribution is 2.47. The SMILES string of the molecule is N=C(N)C1CCC2CC(C(=O)N[C@H]3CCNC(=O)C3)N(CC3CCCC4CCCCC43)C2C1. The number of likely N-dealkylation sites (tertiary alicyclic amines) is 1. The van der Waals surface area contributed by atoms with Crippen molar-refractivity contribution >= 4 is 17.6 Å². The van der Waals surface area contributed by atoms with Crippen molar-refractivity contribution in [3.8, 4) is 0 Å². The zero-order chi connectivity index (χ0) is 22.9. The molecule has 8 atom stereocenters. The first-order valence-corrected chi connectivity index (χ1v) is 13.7. The molecule has 0 aromatic carbocycles. The van der Waals surface area contributed by atoms with Gasteiger partial charge >= 0.3 is 0 Å². The monoisotopic (exact) mass is 457 g/mol. The molecule has 5 rings (SSSR count).